The fraction of sp³-hybridized carbons (Fsp3) is 0.875. The molecule has 1 heterocycles. The number of piperidine rings is 1. The number of carbonyl (C=O) groups is 1. The van der Waals surface area contributed by atoms with E-state index in [1.54, 1.807) is 0 Å². The van der Waals surface area contributed by atoms with Gasteiger partial charge in [-0.2, -0.15) is 0 Å². The minimum absolute atomic E-state index is 0. The molecule has 3 heteroatoms. The number of hydrogen-bond acceptors (Lipinski definition) is 1. The molecule has 11 heavy (non-hydrogen) atoms. The van der Waals surface area contributed by atoms with E-state index >= 15 is 0 Å². The first kappa shape index (κ1) is 11.8. The smallest absolute Gasteiger partial charge is 0.120 e. The normalized spacial score (nSPS) is 21.9. The molecule has 2 nitrogen and oxygen atoms in total. The van der Waals surface area contributed by atoms with Crippen molar-refractivity contribution < 1.29 is 40.4 Å². The van der Waals surface area contributed by atoms with Gasteiger partial charge >= 0.3 is 0 Å². The van der Waals surface area contributed by atoms with E-state index in [1.807, 2.05) is 0 Å². The summed E-state index contributed by atoms with van der Waals surface area (Å²) in [6, 6.07) is 0. The molecule has 0 aliphatic carbocycles. The zero-order chi connectivity index (χ0) is 7.45. The molecule has 0 unspecified atom stereocenters. The van der Waals surface area contributed by atoms with Gasteiger partial charge in [0.05, 0.1) is 0 Å². The maximum Gasteiger partial charge on any atom is 0.120 e. The van der Waals surface area contributed by atoms with Crippen molar-refractivity contribution in [3.05, 3.63) is 5.32 Å². The van der Waals surface area contributed by atoms with E-state index < -0.39 is 0 Å². The number of aldehydes is 1. The Hall–Kier alpha value is 0.825. The molecule has 0 bridgehead atoms. The summed E-state index contributed by atoms with van der Waals surface area (Å²) in [6.45, 7) is 4.07. The maximum absolute atomic E-state index is 10.2. The summed E-state index contributed by atoms with van der Waals surface area (Å²) in [5.74, 6) is 0. The molecule has 0 N–H and O–H groups in total. The number of rotatable bonds is 2. The predicted octanol–water partition coefficient (Wildman–Crippen LogP) is 1.75. The van der Waals surface area contributed by atoms with E-state index in [1.165, 1.54) is 0 Å². The quantitative estimate of drug-likeness (QED) is 0.708. The Labute approximate surface area is 96.1 Å². The molecular formula is C8H14LaNO-. The van der Waals surface area contributed by atoms with Gasteiger partial charge in [0.1, 0.15) is 6.29 Å². The van der Waals surface area contributed by atoms with Crippen LogP contribution in [0, 0.1) is 41.0 Å². The van der Waals surface area contributed by atoms with Crippen LogP contribution in [0.4, 0.5) is 0 Å². The van der Waals surface area contributed by atoms with Crippen LogP contribution in [0.2, 0.25) is 0 Å². The Morgan fingerprint density at radius 2 is 2.00 bits per heavy atom. The molecule has 0 amide bonds. The summed E-state index contributed by atoms with van der Waals surface area (Å²) in [5, 5.41) is 4.24. The number of nitrogens with zero attached hydrogens (tertiary/aromatic N) is 1. The minimum Gasteiger partial charge on any atom is -0.662 e. The zero-order valence-electron chi connectivity index (χ0n) is 7.05. The second-order valence-corrected chi connectivity index (χ2v) is 3.35. The van der Waals surface area contributed by atoms with Gasteiger partial charge in [0.15, 0.2) is 0 Å². The van der Waals surface area contributed by atoms with Gasteiger partial charge in [-0.25, -0.2) is 0 Å². The standard InChI is InChI=1S/C8H14NO.La/c1-8(4-7-10)2-5-9-6-3-8;/h7H,2-6H2,1H3;/q-1;. The molecule has 0 atom stereocenters. The summed E-state index contributed by atoms with van der Waals surface area (Å²) in [5.41, 5.74) is 0.267. The van der Waals surface area contributed by atoms with E-state index in [0.717, 1.165) is 32.2 Å². The van der Waals surface area contributed by atoms with Crippen LogP contribution in [-0.2, 0) is 4.79 Å². The van der Waals surface area contributed by atoms with E-state index in [9.17, 15) is 4.79 Å². The first-order chi connectivity index (χ1) is 4.77. The molecule has 1 rings (SSSR count). The molecule has 0 saturated carbocycles. The van der Waals surface area contributed by atoms with Crippen molar-refractivity contribution in [1.29, 1.82) is 0 Å². The molecule has 61 valence electrons. The molecule has 0 aromatic carbocycles. The molecular weight excluding hydrogens is 265 g/mol. The minimum atomic E-state index is 0. The average molecular weight is 279 g/mol. The first-order valence-electron chi connectivity index (χ1n) is 3.84. The molecule has 1 radical (unpaired) electrons. The van der Waals surface area contributed by atoms with Crippen molar-refractivity contribution >= 4 is 6.29 Å². The third kappa shape index (κ3) is 3.84. The Bertz CT molecular complexity index is 121. The van der Waals surface area contributed by atoms with Crippen LogP contribution < -0.4 is 0 Å². The number of hydrogen-bond donors (Lipinski definition) is 0. The van der Waals surface area contributed by atoms with E-state index in [4.69, 9.17) is 0 Å². The molecule has 0 aromatic rings. The molecule has 1 aliphatic heterocycles. The topological polar surface area (TPSA) is 31.2 Å². The molecule has 1 fully saturated rings. The third-order valence-corrected chi connectivity index (χ3v) is 2.32. The molecule has 0 aromatic heterocycles. The van der Waals surface area contributed by atoms with Crippen LogP contribution in [0.25, 0.3) is 5.32 Å². The summed E-state index contributed by atoms with van der Waals surface area (Å²) >= 11 is 0. The van der Waals surface area contributed by atoms with Gasteiger partial charge < -0.3 is 10.1 Å². The summed E-state index contributed by atoms with van der Waals surface area (Å²) < 4.78 is 0. The van der Waals surface area contributed by atoms with Crippen molar-refractivity contribution in [2.24, 2.45) is 5.41 Å². The molecule has 1 saturated heterocycles. The first-order valence-corrected chi connectivity index (χ1v) is 3.84. The Balaban J connectivity index is 0.000001000. The van der Waals surface area contributed by atoms with Crippen molar-refractivity contribution in [3.63, 3.8) is 0 Å². The van der Waals surface area contributed by atoms with Gasteiger partial charge in [-0.05, 0) is 5.41 Å². The summed E-state index contributed by atoms with van der Waals surface area (Å²) in [6.07, 6.45) is 3.92. The van der Waals surface area contributed by atoms with Gasteiger partial charge in [0.2, 0.25) is 0 Å². The molecule has 1 aliphatic rings. The second-order valence-electron chi connectivity index (χ2n) is 3.35. The van der Waals surface area contributed by atoms with Gasteiger partial charge in [-0.15, -0.1) is 13.1 Å². The predicted molar refractivity (Wildman–Crippen MR) is 41.1 cm³/mol. The number of carbonyl (C=O) groups excluding carboxylic acids is 1. The van der Waals surface area contributed by atoms with Gasteiger partial charge in [0, 0.05) is 42.0 Å². The summed E-state index contributed by atoms with van der Waals surface area (Å²) in [7, 11) is 0. The van der Waals surface area contributed by atoms with Gasteiger partial charge in [-0.1, -0.05) is 19.8 Å². The van der Waals surface area contributed by atoms with Crippen molar-refractivity contribution in [2.75, 3.05) is 13.1 Å². The third-order valence-electron chi connectivity index (χ3n) is 2.32. The largest absolute Gasteiger partial charge is 0.662 e. The average Bonchev–Trinajstić information content (AvgIpc) is 1.89. The summed E-state index contributed by atoms with van der Waals surface area (Å²) in [4.78, 5) is 10.2. The SMILES string of the molecule is CC1(CC=O)CC[N-]CC1.[La]. The fourth-order valence-corrected chi connectivity index (χ4v) is 1.34. The molecule has 0 spiro atoms. The van der Waals surface area contributed by atoms with Crippen LogP contribution in [-0.4, -0.2) is 19.4 Å². The monoisotopic (exact) mass is 279 g/mol. The van der Waals surface area contributed by atoms with Crippen LogP contribution in [0.5, 0.6) is 0 Å². The van der Waals surface area contributed by atoms with Gasteiger partial charge in [-0.3, -0.25) is 0 Å². The Kier molecular flexibility index (Phi) is 5.88. The Morgan fingerprint density at radius 1 is 1.45 bits per heavy atom. The van der Waals surface area contributed by atoms with Crippen LogP contribution in [0.15, 0.2) is 0 Å². The van der Waals surface area contributed by atoms with E-state index in [-0.39, 0.29) is 41.0 Å². The van der Waals surface area contributed by atoms with Crippen LogP contribution in [0.3, 0.4) is 0 Å². The van der Waals surface area contributed by atoms with Crippen LogP contribution >= 0.6 is 0 Å². The van der Waals surface area contributed by atoms with Crippen molar-refractivity contribution in [1.82, 2.24) is 0 Å². The fourth-order valence-electron chi connectivity index (χ4n) is 1.34. The Morgan fingerprint density at radius 3 is 2.45 bits per heavy atom. The van der Waals surface area contributed by atoms with Crippen LogP contribution in [0.1, 0.15) is 26.2 Å². The van der Waals surface area contributed by atoms with Crippen molar-refractivity contribution in [2.45, 2.75) is 26.2 Å². The zero-order valence-corrected chi connectivity index (χ0v) is 10.7. The van der Waals surface area contributed by atoms with E-state index in [0.29, 0.717) is 6.42 Å². The van der Waals surface area contributed by atoms with Crippen molar-refractivity contribution in [3.8, 4) is 0 Å². The van der Waals surface area contributed by atoms with Gasteiger partial charge in [0.25, 0.3) is 0 Å². The van der Waals surface area contributed by atoms with E-state index in [2.05, 4.69) is 12.2 Å². The maximum atomic E-state index is 10.2. The second kappa shape index (κ2) is 5.47.